The van der Waals surface area contributed by atoms with Crippen molar-refractivity contribution in [3.05, 3.63) is 35.9 Å². The van der Waals surface area contributed by atoms with Crippen LogP contribution in [0, 0.1) is 5.41 Å². The number of nitrogens with zero attached hydrogens (tertiary/aromatic N) is 1. The summed E-state index contributed by atoms with van der Waals surface area (Å²) in [6.07, 6.45) is 2.90. The first kappa shape index (κ1) is 14.9. The summed E-state index contributed by atoms with van der Waals surface area (Å²) >= 11 is 0. The average Bonchev–Trinajstić information content (AvgIpc) is 2.46. The molecule has 0 saturated carbocycles. The second-order valence-electron chi connectivity index (χ2n) is 5.91. The molecule has 0 aliphatic carbocycles. The lowest BCUT2D eigenvalue weighted by atomic mass is 9.79. The molecule has 1 saturated heterocycles. The molecule has 2 rings (SSSR count). The molecule has 0 aromatic heterocycles. The quantitative estimate of drug-likeness (QED) is 0.920. The van der Waals surface area contributed by atoms with Crippen molar-refractivity contribution in [3.8, 4) is 0 Å². The number of hydrogen-bond donors (Lipinski definition) is 1. The average molecular weight is 276 g/mol. The summed E-state index contributed by atoms with van der Waals surface area (Å²) in [5.41, 5.74) is 6.82. The highest BCUT2D eigenvalue weighted by atomic mass is 16.6. The first-order valence-corrected chi connectivity index (χ1v) is 7.29. The molecule has 1 fully saturated rings. The zero-order chi connectivity index (χ0) is 14.4. The van der Waals surface area contributed by atoms with Gasteiger partial charge in [-0.3, -0.25) is 0 Å². The molecule has 1 unspecified atom stereocenters. The minimum Gasteiger partial charge on any atom is -0.445 e. The first-order chi connectivity index (χ1) is 9.63. The number of benzene rings is 1. The molecule has 1 aliphatic rings. The Morgan fingerprint density at radius 1 is 1.40 bits per heavy atom. The van der Waals surface area contributed by atoms with Crippen LogP contribution < -0.4 is 5.73 Å². The van der Waals surface area contributed by atoms with Crippen molar-refractivity contribution >= 4 is 6.09 Å². The van der Waals surface area contributed by atoms with E-state index in [1.807, 2.05) is 35.2 Å². The Balaban J connectivity index is 1.86. The smallest absolute Gasteiger partial charge is 0.410 e. The van der Waals surface area contributed by atoms with Crippen LogP contribution in [0.1, 0.15) is 31.7 Å². The Bertz CT molecular complexity index is 431. The van der Waals surface area contributed by atoms with Gasteiger partial charge in [0, 0.05) is 13.1 Å². The van der Waals surface area contributed by atoms with Gasteiger partial charge in [-0.2, -0.15) is 0 Å². The van der Waals surface area contributed by atoms with Crippen LogP contribution in [0.3, 0.4) is 0 Å². The van der Waals surface area contributed by atoms with E-state index in [1.165, 1.54) is 0 Å². The molecule has 1 atom stereocenters. The third-order valence-electron chi connectivity index (χ3n) is 3.99. The Kier molecular flexibility index (Phi) is 5.01. The van der Waals surface area contributed by atoms with Gasteiger partial charge in [-0.05, 0) is 36.8 Å². The molecule has 0 radical (unpaired) electrons. The summed E-state index contributed by atoms with van der Waals surface area (Å²) in [5, 5.41) is 0. The Morgan fingerprint density at radius 3 is 2.85 bits per heavy atom. The van der Waals surface area contributed by atoms with Crippen LogP contribution >= 0.6 is 0 Å². The van der Waals surface area contributed by atoms with E-state index in [-0.39, 0.29) is 11.5 Å². The SMILES string of the molecule is CC1(CCN)CCCN(C(=O)OCc2ccccc2)C1. The molecule has 4 nitrogen and oxygen atoms in total. The Labute approximate surface area is 120 Å². The van der Waals surface area contributed by atoms with Crippen LogP contribution in [-0.2, 0) is 11.3 Å². The van der Waals surface area contributed by atoms with E-state index in [0.29, 0.717) is 13.2 Å². The number of carbonyl (C=O) groups is 1. The fourth-order valence-corrected chi connectivity index (χ4v) is 2.83. The number of ether oxygens (including phenoxy) is 1. The number of rotatable bonds is 4. The van der Waals surface area contributed by atoms with Gasteiger partial charge in [-0.1, -0.05) is 37.3 Å². The molecule has 4 heteroatoms. The fourth-order valence-electron chi connectivity index (χ4n) is 2.83. The van der Waals surface area contributed by atoms with Gasteiger partial charge < -0.3 is 15.4 Å². The second-order valence-corrected chi connectivity index (χ2v) is 5.91. The van der Waals surface area contributed by atoms with Gasteiger partial charge in [0.1, 0.15) is 6.61 Å². The number of nitrogens with two attached hydrogens (primary N) is 1. The minimum absolute atomic E-state index is 0.138. The molecule has 2 N–H and O–H groups in total. The summed E-state index contributed by atoms with van der Waals surface area (Å²) in [6.45, 7) is 4.75. The van der Waals surface area contributed by atoms with Crippen molar-refractivity contribution in [2.75, 3.05) is 19.6 Å². The highest BCUT2D eigenvalue weighted by Gasteiger charge is 2.33. The minimum atomic E-state index is -0.211. The summed E-state index contributed by atoms with van der Waals surface area (Å²) in [5.74, 6) is 0. The number of hydrogen-bond acceptors (Lipinski definition) is 3. The molecule has 1 heterocycles. The predicted molar refractivity (Wildman–Crippen MR) is 79.2 cm³/mol. The molecular formula is C16H24N2O2. The largest absolute Gasteiger partial charge is 0.445 e. The lowest BCUT2D eigenvalue weighted by Gasteiger charge is -2.39. The second kappa shape index (κ2) is 6.75. The summed E-state index contributed by atoms with van der Waals surface area (Å²) < 4.78 is 5.39. The van der Waals surface area contributed by atoms with E-state index in [4.69, 9.17) is 10.5 Å². The third kappa shape index (κ3) is 3.97. The number of likely N-dealkylation sites (tertiary alicyclic amines) is 1. The van der Waals surface area contributed by atoms with Gasteiger partial charge >= 0.3 is 6.09 Å². The van der Waals surface area contributed by atoms with Crippen molar-refractivity contribution in [2.45, 2.75) is 32.8 Å². The van der Waals surface area contributed by atoms with Gasteiger partial charge in [-0.25, -0.2) is 4.79 Å². The van der Waals surface area contributed by atoms with Crippen LogP contribution in [0.4, 0.5) is 4.79 Å². The van der Waals surface area contributed by atoms with E-state index in [0.717, 1.165) is 37.9 Å². The molecule has 1 aromatic carbocycles. The van der Waals surface area contributed by atoms with Gasteiger partial charge in [0.15, 0.2) is 0 Å². The van der Waals surface area contributed by atoms with E-state index in [2.05, 4.69) is 6.92 Å². The molecule has 1 aliphatic heterocycles. The lowest BCUT2D eigenvalue weighted by molar-refractivity contribution is 0.0552. The number of carbonyl (C=O) groups excluding carboxylic acids is 1. The monoisotopic (exact) mass is 276 g/mol. The summed E-state index contributed by atoms with van der Waals surface area (Å²) in [6, 6.07) is 9.77. The van der Waals surface area contributed by atoms with E-state index in [1.54, 1.807) is 0 Å². The van der Waals surface area contributed by atoms with E-state index < -0.39 is 0 Å². The van der Waals surface area contributed by atoms with Crippen molar-refractivity contribution in [3.63, 3.8) is 0 Å². The number of piperidine rings is 1. The molecule has 0 spiro atoms. The highest BCUT2D eigenvalue weighted by Crippen LogP contribution is 2.32. The molecule has 1 aromatic rings. The van der Waals surface area contributed by atoms with Gasteiger partial charge in [-0.15, -0.1) is 0 Å². The highest BCUT2D eigenvalue weighted by molar-refractivity contribution is 5.67. The summed E-state index contributed by atoms with van der Waals surface area (Å²) in [4.78, 5) is 14.0. The molecule has 0 bridgehead atoms. The standard InChI is InChI=1S/C16H24N2O2/c1-16(9-10-17)8-5-11-18(13-16)15(19)20-12-14-6-3-2-4-7-14/h2-4,6-7H,5,8-13,17H2,1H3. The first-order valence-electron chi connectivity index (χ1n) is 7.29. The van der Waals surface area contributed by atoms with Crippen molar-refractivity contribution in [2.24, 2.45) is 11.1 Å². The van der Waals surface area contributed by atoms with Crippen molar-refractivity contribution < 1.29 is 9.53 Å². The zero-order valence-electron chi connectivity index (χ0n) is 12.2. The maximum Gasteiger partial charge on any atom is 0.410 e. The van der Waals surface area contributed by atoms with Gasteiger partial charge in [0.05, 0.1) is 0 Å². The Morgan fingerprint density at radius 2 is 2.15 bits per heavy atom. The van der Waals surface area contributed by atoms with Crippen LogP contribution in [0.2, 0.25) is 0 Å². The predicted octanol–water partition coefficient (Wildman–Crippen LogP) is 2.77. The van der Waals surface area contributed by atoms with Gasteiger partial charge in [0.25, 0.3) is 0 Å². The van der Waals surface area contributed by atoms with Crippen molar-refractivity contribution in [1.82, 2.24) is 4.90 Å². The van der Waals surface area contributed by atoms with Gasteiger partial charge in [0.2, 0.25) is 0 Å². The number of amides is 1. The fraction of sp³-hybridized carbons (Fsp3) is 0.562. The molecular weight excluding hydrogens is 252 g/mol. The third-order valence-corrected chi connectivity index (χ3v) is 3.99. The van der Waals surface area contributed by atoms with E-state index in [9.17, 15) is 4.79 Å². The zero-order valence-corrected chi connectivity index (χ0v) is 12.2. The van der Waals surface area contributed by atoms with Crippen LogP contribution in [0.15, 0.2) is 30.3 Å². The maximum absolute atomic E-state index is 12.1. The van der Waals surface area contributed by atoms with Crippen LogP contribution in [0.25, 0.3) is 0 Å². The lowest BCUT2D eigenvalue weighted by Crippen LogP contribution is -2.45. The summed E-state index contributed by atoms with van der Waals surface area (Å²) in [7, 11) is 0. The van der Waals surface area contributed by atoms with E-state index >= 15 is 0 Å². The van der Waals surface area contributed by atoms with Crippen LogP contribution in [-0.4, -0.2) is 30.6 Å². The molecule has 1 amide bonds. The normalized spacial score (nSPS) is 22.6. The maximum atomic E-state index is 12.1. The Hall–Kier alpha value is -1.55. The topological polar surface area (TPSA) is 55.6 Å². The molecule has 20 heavy (non-hydrogen) atoms. The van der Waals surface area contributed by atoms with Crippen molar-refractivity contribution in [1.29, 1.82) is 0 Å². The van der Waals surface area contributed by atoms with Crippen LogP contribution in [0.5, 0.6) is 0 Å². The molecule has 110 valence electrons.